The number of alkyl halides is 1. The number of urea groups is 1. The van der Waals surface area contributed by atoms with Gasteiger partial charge >= 0.3 is 6.03 Å². The second kappa shape index (κ2) is 6.40. The summed E-state index contributed by atoms with van der Waals surface area (Å²) in [4.78, 5) is 28.4. The van der Waals surface area contributed by atoms with E-state index >= 15 is 0 Å². The molecule has 2 aliphatic rings. The van der Waals surface area contributed by atoms with Gasteiger partial charge in [-0.1, -0.05) is 42.9 Å². The minimum absolute atomic E-state index is 0.0274. The first-order chi connectivity index (χ1) is 9.83. The molecule has 0 unspecified atom stereocenters. The lowest BCUT2D eigenvalue weighted by Gasteiger charge is -2.39. The van der Waals surface area contributed by atoms with Crippen LogP contribution in [0.15, 0.2) is 0 Å². The zero-order chi connectivity index (χ0) is 15.8. The number of hydrogen-bond acceptors (Lipinski definition) is 3. The van der Waals surface area contributed by atoms with Gasteiger partial charge in [0.25, 0.3) is 0 Å². The van der Waals surface area contributed by atoms with Crippen LogP contribution in [0.5, 0.6) is 0 Å². The van der Waals surface area contributed by atoms with Crippen LogP contribution in [-0.2, 0) is 9.53 Å². The maximum atomic E-state index is 13.0. The summed E-state index contributed by atoms with van der Waals surface area (Å²) in [6.07, 6.45) is 2.23. The molecular weight excluding hydrogens is 383 g/mol. The molecule has 21 heavy (non-hydrogen) atoms. The minimum atomic E-state index is -0.649. The smallest absolute Gasteiger partial charge is 0.329 e. The largest absolute Gasteiger partial charge is 0.354 e. The van der Waals surface area contributed by atoms with Crippen LogP contribution in [0, 0.1) is 5.92 Å². The van der Waals surface area contributed by atoms with Crippen molar-refractivity contribution >= 4 is 34.5 Å². The van der Waals surface area contributed by atoms with E-state index in [1.165, 1.54) is 4.90 Å². The Kier molecular flexibility index (Phi) is 5.18. The van der Waals surface area contributed by atoms with Crippen LogP contribution in [-0.4, -0.2) is 50.6 Å². The molecule has 2 aliphatic heterocycles. The summed E-state index contributed by atoms with van der Waals surface area (Å²) in [5.74, 6) is 0.304. The highest BCUT2D eigenvalue weighted by Crippen LogP contribution is 2.35. The zero-order valence-electron chi connectivity index (χ0n) is 13.3. The van der Waals surface area contributed by atoms with Crippen LogP contribution in [0.3, 0.4) is 0 Å². The number of carbonyl (C=O) groups excluding carboxylic acids is 2. The van der Waals surface area contributed by atoms with Crippen LogP contribution in [0.1, 0.15) is 47.0 Å². The van der Waals surface area contributed by atoms with Crippen molar-refractivity contribution in [1.82, 2.24) is 9.80 Å². The molecule has 0 spiro atoms. The summed E-state index contributed by atoms with van der Waals surface area (Å²) in [7, 11) is 0. The fourth-order valence-corrected chi connectivity index (χ4v) is 4.00. The molecule has 0 aromatic carbocycles. The highest BCUT2D eigenvalue weighted by atomic mass is 127. The number of ether oxygens (including phenoxy) is 1. The molecule has 2 rings (SSSR count). The van der Waals surface area contributed by atoms with Gasteiger partial charge in [-0.05, 0) is 26.2 Å². The first kappa shape index (κ1) is 17.0. The molecule has 3 atom stereocenters. The van der Waals surface area contributed by atoms with Crippen molar-refractivity contribution in [3.05, 3.63) is 0 Å². The fraction of sp³-hybridized carbons (Fsp3) is 0.867. The number of nitrogens with zero attached hydrogens (tertiary/aromatic N) is 2. The molecule has 0 saturated carbocycles. The third kappa shape index (κ3) is 3.06. The number of imide groups is 1. The van der Waals surface area contributed by atoms with E-state index in [0.717, 1.165) is 17.3 Å². The predicted octanol–water partition coefficient (Wildman–Crippen LogP) is 3.02. The second-order valence-corrected chi connectivity index (χ2v) is 7.35. The number of halogens is 1. The van der Waals surface area contributed by atoms with E-state index < -0.39 is 5.72 Å². The van der Waals surface area contributed by atoms with Crippen LogP contribution in [0.4, 0.5) is 4.79 Å². The van der Waals surface area contributed by atoms with Gasteiger partial charge in [-0.15, -0.1) is 0 Å². The van der Waals surface area contributed by atoms with Crippen LogP contribution < -0.4 is 0 Å². The normalized spacial score (nSPS) is 30.0. The van der Waals surface area contributed by atoms with Gasteiger partial charge in [0.05, 0.1) is 18.7 Å². The van der Waals surface area contributed by atoms with Crippen molar-refractivity contribution in [2.24, 2.45) is 5.92 Å². The zero-order valence-corrected chi connectivity index (χ0v) is 15.4. The van der Waals surface area contributed by atoms with Crippen molar-refractivity contribution in [2.75, 3.05) is 11.0 Å². The van der Waals surface area contributed by atoms with Crippen molar-refractivity contribution in [2.45, 2.75) is 64.8 Å². The molecule has 2 heterocycles. The molecule has 5 nitrogen and oxygen atoms in total. The summed E-state index contributed by atoms with van der Waals surface area (Å²) in [6.45, 7) is 8.62. The lowest BCUT2D eigenvalue weighted by atomic mass is 9.98. The van der Waals surface area contributed by atoms with Crippen molar-refractivity contribution in [1.29, 1.82) is 0 Å². The molecule has 0 bridgehead atoms. The van der Waals surface area contributed by atoms with E-state index in [0.29, 0.717) is 18.9 Å². The van der Waals surface area contributed by atoms with Crippen molar-refractivity contribution < 1.29 is 14.3 Å². The second-order valence-electron chi connectivity index (χ2n) is 6.47. The van der Waals surface area contributed by atoms with E-state index in [1.807, 2.05) is 13.8 Å². The van der Waals surface area contributed by atoms with E-state index in [4.69, 9.17) is 4.74 Å². The van der Waals surface area contributed by atoms with Gasteiger partial charge in [0.15, 0.2) is 0 Å². The first-order valence-electron chi connectivity index (χ1n) is 7.68. The van der Waals surface area contributed by atoms with Gasteiger partial charge in [-0.2, -0.15) is 0 Å². The summed E-state index contributed by atoms with van der Waals surface area (Å²) >= 11 is 2.25. The molecule has 0 aliphatic carbocycles. The molecule has 2 fully saturated rings. The average Bonchev–Trinajstić information content (AvgIpc) is 2.96. The monoisotopic (exact) mass is 408 g/mol. The lowest BCUT2D eigenvalue weighted by Crippen LogP contribution is -2.57. The summed E-state index contributed by atoms with van der Waals surface area (Å²) in [5.41, 5.74) is -0.649. The maximum absolute atomic E-state index is 13.0. The van der Waals surface area contributed by atoms with Crippen LogP contribution >= 0.6 is 22.6 Å². The third-order valence-corrected chi connectivity index (χ3v) is 5.75. The van der Waals surface area contributed by atoms with Crippen molar-refractivity contribution in [3.63, 3.8) is 0 Å². The Labute approximate surface area is 140 Å². The van der Waals surface area contributed by atoms with Gasteiger partial charge in [-0.25, -0.2) is 4.79 Å². The van der Waals surface area contributed by atoms with Crippen molar-refractivity contribution in [3.8, 4) is 0 Å². The van der Waals surface area contributed by atoms with Crippen LogP contribution in [0.2, 0.25) is 0 Å². The van der Waals surface area contributed by atoms with E-state index in [2.05, 4.69) is 36.4 Å². The van der Waals surface area contributed by atoms with Gasteiger partial charge < -0.3 is 4.74 Å². The van der Waals surface area contributed by atoms with Crippen LogP contribution in [0.25, 0.3) is 0 Å². The Hall–Kier alpha value is -0.370. The summed E-state index contributed by atoms with van der Waals surface area (Å²) in [5, 5.41) is 0. The van der Waals surface area contributed by atoms with Gasteiger partial charge in [0.1, 0.15) is 5.72 Å². The molecule has 6 heteroatoms. The Morgan fingerprint density at radius 1 is 1.52 bits per heavy atom. The molecule has 0 aromatic heterocycles. The number of rotatable bonds is 3. The number of likely N-dealkylation sites (tertiary alicyclic amines) is 1. The molecule has 2 saturated heterocycles. The van der Waals surface area contributed by atoms with E-state index in [9.17, 15) is 9.59 Å². The quantitative estimate of drug-likeness (QED) is 0.533. The summed E-state index contributed by atoms with van der Waals surface area (Å²) in [6, 6.07) is -0.104. The number of hydrogen-bond donors (Lipinski definition) is 0. The molecular formula is C15H25IN2O3. The predicted molar refractivity (Wildman–Crippen MR) is 89.3 cm³/mol. The number of amides is 3. The topological polar surface area (TPSA) is 49.9 Å². The first-order valence-corrected chi connectivity index (χ1v) is 9.21. The third-order valence-electron chi connectivity index (χ3n) is 4.74. The maximum Gasteiger partial charge on any atom is 0.329 e. The van der Waals surface area contributed by atoms with E-state index in [1.54, 1.807) is 4.90 Å². The Morgan fingerprint density at radius 3 is 2.76 bits per heavy atom. The minimum Gasteiger partial charge on any atom is -0.354 e. The Morgan fingerprint density at radius 2 is 2.19 bits per heavy atom. The Bertz CT molecular complexity index is 427. The highest BCUT2D eigenvalue weighted by molar-refractivity contribution is 14.1. The Balaban J connectivity index is 2.27. The lowest BCUT2D eigenvalue weighted by molar-refractivity contribution is -0.127. The average molecular weight is 408 g/mol. The molecule has 0 N–H and O–H groups in total. The summed E-state index contributed by atoms with van der Waals surface area (Å²) < 4.78 is 6.63. The standard InChI is InChI=1S/C15H25IN2O3/c1-5-10(2)12-9-21-15(3,4)18(12)14(20)17-11(8-16)6-7-13(17)19/h10-12H,5-9H2,1-4H3/t10-,11-,12-/m1/s1. The SMILES string of the molecule is CC[C@@H](C)[C@H]1COC(C)(C)N1C(=O)N1C(=O)CC[C@@H]1CI. The highest BCUT2D eigenvalue weighted by Gasteiger charge is 2.49. The molecule has 0 radical (unpaired) electrons. The van der Waals surface area contributed by atoms with Gasteiger partial charge in [0, 0.05) is 10.8 Å². The number of carbonyl (C=O) groups is 2. The molecule has 120 valence electrons. The molecule has 3 amide bonds. The van der Waals surface area contributed by atoms with Gasteiger partial charge in [-0.3, -0.25) is 14.6 Å². The molecule has 0 aromatic rings. The van der Waals surface area contributed by atoms with E-state index in [-0.39, 0.29) is 24.0 Å². The fourth-order valence-electron chi connectivity index (χ4n) is 3.16. The van der Waals surface area contributed by atoms with Gasteiger partial charge in [0.2, 0.25) is 5.91 Å².